The van der Waals surface area contributed by atoms with Crippen LogP contribution in [0.25, 0.3) is 0 Å². The van der Waals surface area contributed by atoms with Crippen molar-refractivity contribution in [2.45, 2.75) is 6.92 Å². The highest BCUT2D eigenvalue weighted by atomic mass is 127. The Hall–Kier alpha value is -0.530. The van der Waals surface area contributed by atoms with E-state index in [1.54, 1.807) is 6.20 Å². The van der Waals surface area contributed by atoms with E-state index in [0.29, 0.717) is 16.5 Å². The van der Waals surface area contributed by atoms with Crippen molar-refractivity contribution in [3.63, 3.8) is 0 Å². The summed E-state index contributed by atoms with van der Waals surface area (Å²) in [7, 11) is 0. The van der Waals surface area contributed by atoms with Crippen LogP contribution in [0, 0.1) is 10.5 Å². The van der Waals surface area contributed by atoms with E-state index >= 15 is 0 Å². The second-order valence-corrected chi connectivity index (χ2v) is 6.20. The molecule has 2 rings (SSSR count). The lowest BCUT2D eigenvalue weighted by atomic mass is 10.2. The Morgan fingerprint density at radius 1 is 1.44 bits per heavy atom. The number of nitrogens with one attached hydrogen (secondary N) is 1. The summed E-state index contributed by atoms with van der Waals surface area (Å²) in [4.78, 5) is 4.25. The summed E-state index contributed by atoms with van der Waals surface area (Å²) in [6.07, 6.45) is 1.63. The van der Waals surface area contributed by atoms with Crippen molar-refractivity contribution in [3.8, 4) is 0 Å². The van der Waals surface area contributed by atoms with Gasteiger partial charge in [0.25, 0.3) is 0 Å². The van der Waals surface area contributed by atoms with Gasteiger partial charge < -0.3 is 11.1 Å². The first kappa shape index (κ1) is 13.9. The summed E-state index contributed by atoms with van der Waals surface area (Å²) >= 11 is 11.9. The van der Waals surface area contributed by atoms with Crippen molar-refractivity contribution in [1.29, 1.82) is 0 Å². The summed E-state index contributed by atoms with van der Waals surface area (Å²) in [5.41, 5.74) is 8.21. The molecule has 3 N–H and O–H groups in total. The normalized spacial score (nSPS) is 10.4. The van der Waals surface area contributed by atoms with E-state index in [4.69, 9.17) is 17.3 Å². The highest BCUT2D eigenvalue weighted by Crippen LogP contribution is 2.32. The molecule has 0 saturated carbocycles. The number of rotatable bonds is 2. The average molecular weight is 438 g/mol. The van der Waals surface area contributed by atoms with Crippen LogP contribution in [0.15, 0.2) is 28.9 Å². The van der Waals surface area contributed by atoms with Gasteiger partial charge in [-0.3, -0.25) is 0 Å². The maximum Gasteiger partial charge on any atom is 0.145 e. The molecule has 0 spiro atoms. The number of nitrogens with two attached hydrogens (primary N) is 1. The number of benzene rings is 1. The Balaban J connectivity index is 2.37. The molecule has 1 heterocycles. The van der Waals surface area contributed by atoms with E-state index in [1.807, 2.05) is 25.1 Å². The van der Waals surface area contributed by atoms with Gasteiger partial charge in [-0.15, -0.1) is 0 Å². The molecule has 1 aromatic carbocycles. The van der Waals surface area contributed by atoms with E-state index in [1.165, 1.54) is 0 Å². The molecule has 0 radical (unpaired) electrons. The van der Waals surface area contributed by atoms with Crippen molar-refractivity contribution < 1.29 is 0 Å². The standard InChI is InChI=1S/C12H10BrClIN3/c1-6-9(16)5-17-12(11(6)13)18-10-3-2-7(15)4-8(10)14/h2-5H,16H2,1H3,(H,17,18). The van der Waals surface area contributed by atoms with Crippen molar-refractivity contribution >= 4 is 67.3 Å². The monoisotopic (exact) mass is 437 g/mol. The molecule has 0 bridgehead atoms. The summed E-state index contributed by atoms with van der Waals surface area (Å²) in [5.74, 6) is 0.699. The number of halogens is 3. The minimum Gasteiger partial charge on any atom is -0.397 e. The Bertz CT molecular complexity index is 604. The fourth-order valence-corrected chi connectivity index (χ4v) is 2.73. The molecule has 3 nitrogen and oxygen atoms in total. The van der Waals surface area contributed by atoms with Crippen LogP contribution in [-0.4, -0.2) is 4.98 Å². The van der Waals surface area contributed by atoms with Crippen LogP contribution < -0.4 is 11.1 Å². The first-order valence-corrected chi connectivity index (χ1v) is 7.36. The summed E-state index contributed by atoms with van der Waals surface area (Å²) in [5, 5.41) is 3.84. The Labute approximate surface area is 132 Å². The SMILES string of the molecule is Cc1c(N)cnc(Nc2ccc(I)cc2Cl)c1Br. The quantitative estimate of drug-likeness (QED) is 0.667. The fraction of sp³-hybridized carbons (Fsp3) is 0.0833. The molecule has 18 heavy (non-hydrogen) atoms. The lowest BCUT2D eigenvalue weighted by Gasteiger charge is -2.12. The Kier molecular flexibility index (Phi) is 4.34. The predicted molar refractivity (Wildman–Crippen MR) is 88.5 cm³/mol. The molecule has 1 aromatic heterocycles. The highest BCUT2D eigenvalue weighted by molar-refractivity contribution is 14.1. The lowest BCUT2D eigenvalue weighted by Crippen LogP contribution is -2.00. The number of pyridine rings is 1. The Morgan fingerprint density at radius 3 is 2.83 bits per heavy atom. The van der Waals surface area contributed by atoms with Crippen molar-refractivity contribution in [2.24, 2.45) is 0 Å². The average Bonchev–Trinajstić information content (AvgIpc) is 2.33. The van der Waals surface area contributed by atoms with Crippen LogP contribution in [0.4, 0.5) is 17.2 Å². The zero-order valence-corrected chi connectivity index (χ0v) is 14.0. The Morgan fingerprint density at radius 2 is 2.17 bits per heavy atom. The molecule has 2 aromatic rings. The van der Waals surface area contributed by atoms with Crippen molar-refractivity contribution in [2.75, 3.05) is 11.1 Å². The molecule has 0 saturated heterocycles. The van der Waals surface area contributed by atoms with Gasteiger partial charge in [0, 0.05) is 3.57 Å². The van der Waals surface area contributed by atoms with Crippen LogP contribution in [0.1, 0.15) is 5.56 Å². The third kappa shape index (κ3) is 2.89. The topological polar surface area (TPSA) is 50.9 Å². The summed E-state index contributed by atoms with van der Waals surface area (Å²) < 4.78 is 1.93. The molecule has 6 heteroatoms. The summed E-state index contributed by atoms with van der Waals surface area (Å²) in [6, 6.07) is 5.79. The smallest absolute Gasteiger partial charge is 0.145 e. The molecular weight excluding hydrogens is 428 g/mol. The maximum absolute atomic E-state index is 6.17. The molecule has 0 aliphatic rings. The van der Waals surface area contributed by atoms with Gasteiger partial charge in [-0.1, -0.05) is 11.6 Å². The largest absolute Gasteiger partial charge is 0.397 e. The minimum absolute atomic E-state index is 0.654. The van der Waals surface area contributed by atoms with Crippen molar-refractivity contribution in [3.05, 3.63) is 43.0 Å². The second-order valence-electron chi connectivity index (χ2n) is 3.75. The number of aromatic nitrogens is 1. The predicted octanol–water partition coefficient (Wildman–Crippen LogP) is 4.74. The molecule has 94 valence electrons. The maximum atomic E-state index is 6.17. The van der Waals surface area contributed by atoms with E-state index in [9.17, 15) is 0 Å². The highest BCUT2D eigenvalue weighted by Gasteiger charge is 2.09. The van der Waals surface area contributed by atoms with E-state index in [2.05, 4.69) is 48.8 Å². The zero-order chi connectivity index (χ0) is 13.3. The third-order valence-corrected chi connectivity index (χ3v) is 4.44. The molecule has 0 atom stereocenters. The van der Waals surface area contributed by atoms with E-state index in [-0.39, 0.29) is 0 Å². The molecule has 0 amide bonds. The van der Waals surface area contributed by atoms with E-state index in [0.717, 1.165) is 19.3 Å². The molecule has 0 fully saturated rings. The van der Waals surface area contributed by atoms with Gasteiger partial charge in [0.1, 0.15) is 5.82 Å². The molecule has 0 aliphatic carbocycles. The van der Waals surface area contributed by atoms with Gasteiger partial charge in [-0.25, -0.2) is 4.98 Å². The summed E-state index contributed by atoms with van der Waals surface area (Å²) in [6.45, 7) is 1.93. The van der Waals surface area contributed by atoms with Gasteiger partial charge in [0.15, 0.2) is 0 Å². The molecular formula is C12H10BrClIN3. The second kappa shape index (κ2) is 5.63. The number of anilines is 3. The molecule has 0 aliphatic heterocycles. The van der Waals surface area contributed by atoms with Crippen LogP contribution in [0.3, 0.4) is 0 Å². The number of hydrogen-bond donors (Lipinski definition) is 2. The zero-order valence-electron chi connectivity index (χ0n) is 9.47. The van der Waals surface area contributed by atoms with Gasteiger partial charge in [-0.2, -0.15) is 0 Å². The first-order valence-electron chi connectivity index (χ1n) is 5.11. The van der Waals surface area contributed by atoms with Gasteiger partial charge in [-0.05, 0) is 69.2 Å². The number of nitrogen functional groups attached to an aromatic ring is 1. The fourth-order valence-electron chi connectivity index (χ4n) is 1.40. The van der Waals surface area contributed by atoms with Gasteiger partial charge >= 0.3 is 0 Å². The van der Waals surface area contributed by atoms with Crippen LogP contribution >= 0.6 is 50.1 Å². The van der Waals surface area contributed by atoms with Crippen LogP contribution in [0.5, 0.6) is 0 Å². The number of hydrogen-bond acceptors (Lipinski definition) is 3. The van der Waals surface area contributed by atoms with Crippen LogP contribution in [0.2, 0.25) is 5.02 Å². The van der Waals surface area contributed by atoms with Gasteiger partial charge in [0.2, 0.25) is 0 Å². The lowest BCUT2D eigenvalue weighted by molar-refractivity contribution is 1.25. The minimum atomic E-state index is 0.654. The van der Waals surface area contributed by atoms with E-state index < -0.39 is 0 Å². The van der Waals surface area contributed by atoms with Gasteiger partial charge in [0.05, 0.1) is 27.1 Å². The number of nitrogens with zero attached hydrogens (tertiary/aromatic N) is 1. The molecule has 0 unspecified atom stereocenters. The third-order valence-electron chi connectivity index (χ3n) is 2.49. The first-order chi connectivity index (χ1) is 8.49. The van der Waals surface area contributed by atoms with Crippen molar-refractivity contribution in [1.82, 2.24) is 4.98 Å². The van der Waals surface area contributed by atoms with Crippen LogP contribution in [-0.2, 0) is 0 Å².